The number of carbonyl (C=O) groups is 2. The molecule has 1 unspecified atom stereocenters. The molecule has 0 bridgehead atoms. The highest BCUT2D eigenvalue weighted by atomic mass is 16.5. The molecule has 1 saturated carbocycles. The van der Waals surface area contributed by atoms with E-state index >= 15 is 0 Å². The molecule has 0 radical (unpaired) electrons. The molecule has 86 valence electrons. The van der Waals surface area contributed by atoms with Crippen LogP contribution in [0.15, 0.2) is 0 Å². The summed E-state index contributed by atoms with van der Waals surface area (Å²) >= 11 is 0. The molecule has 1 rings (SSSR count). The quantitative estimate of drug-likeness (QED) is 0.526. The summed E-state index contributed by atoms with van der Waals surface area (Å²) in [6.45, 7) is 1.95. The molecule has 0 aliphatic heterocycles. The molecule has 1 aliphatic carbocycles. The first-order chi connectivity index (χ1) is 7.15. The zero-order valence-corrected chi connectivity index (χ0v) is 9.32. The highest BCUT2D eigenvalue weighted by molar-refractivity contribution is 5.94. The first-order valence-corrected chi connectivity index (χ1v) is 5.39. The smallest absolute Gasteiger partial charge is 0.320 e. The van der Waals surface area contributed by atoms with Gasteiger partial charge in [-0.15, -0.1) is 0 Å². The molecule has 4 nitrogen and oxygen atoms in total. The molecule has 0 spiro atoms. The summed E-state index contributed by atoms with van der Waals surface area (Å²) < 4.78 is 9.54. The van der Waals surface area contributed by atoms with Crippen LogP contribution in [0.2, 0.25) is 0 Å². The lowest BCUT2D eigenvalue weighted by atomic mass is 10.1. The van der Waals surface area contributed by atoms with Crippen LogP contribution in [0.1, 0.15) is 32.6 Å². The van der Waals surface area contributed by atoms with E-state index in [0.717, 1.165) is 12.8 Å². The second kappa shape index (κ2) is 5.73. The van der Waals surface area contributed by atoms with E-state index in [1.807, 2.05) is 0 Å². The zero-order chi connectivity index (χ0) is 11.3. The first kappa shape index (κ1) is 12.0. The third kappa shape index (κ3) is 3.53. The van der Waals surface area contributed by atoms with Crippen LogP contribution in [0.25, 0.3) is 0 Å². The van der Waals surface area contributed by atoms with Gasteiger partial charge >= 0.3 is 11.9 Å². The van der Waals surface area contributed by atoms with Gasteiger partial charge in [0.05, 0.1) is 13.7 Å². The number of hydrogen-bond acceptors (Lipinski definition) is 4. The maximum Gasteiger partial charge on any atom is 0.320 e. The molecule has 0 aromatic rings. The zero-order valence-electron chi connectivity index (χ0n) is 9.32. The summed E-state index contributed by atoms with van der Waals surface area (Å²) in [4.78, 5) is 22.4. The largest absolute Gasteiger partial charge is 0.468 e. The van der Waals surface area contributed by atoms with Gasteiger partial charge in [-0.2, -0.15) is 0 Å². The van der Waals surface area contributed by atoms with Gasteiger partial charge < -0.3 is 9.47 Å². The van der Waals surface area contributed by atoms with Gasteiger partial charge in [-0.3, -0.25) is 9.59 Å². The van der Waals surface area contributed by atoms with Gasteiger partial charge in [0.15, 0.2) is 5.92 Å². The summed E-state index contributed by atoms with van der Waals surface area (Å²) in [5.74, 6) is -1.34. The fraction of sp³-hybridized carbons (Fsp3) is 0.818. The Morgan fingerprint density at radius 1 is 1.27 bits per heavy atom. The molecular formula is C11H18O4. The summed E-state index contributed by atoms with van der Waals surface area (Å²) in [5.41, 5.74) is 0. The van der Waals surface area contributed by atoms with E-state index in [9.17, 15) is 9.59 Å². The van der Waals surface area contributed by atoms with E-state index < -0.39 is 17.9 Å². The topological polar surface area (TPSA) is 52.6 Å². The van der Waals surface area contributed by atoms with E-state index in [2.05, 4.69) is 4.74 Å². The molecule has 1 aliphatic rings. The summed E-state index contributed by atoms with van der Waals surface area (Å²) in [7, 11) is 1.27. The third-order valence-electron chi connectivity index (χ3n) is 2.84. The van der Waals surface area contributed by atoms with Crippen molar-refractivity contribution in [3.05, 3.63) is 0 Å². The van der Waals surface area contributed by atoms with Gasteiger partial charge in [-0.1, -0.05) is 12.8 Å². The maximum atomic E-state index is 11.4. The third-order valence-corrected chi connectivity index (χ3v) is 2.84. The highest BCUT2D eigenvalue weighted by Crippen LogP contribution is 2.24. The molecule has 1 atom stereocenters. The number of rotatable bonds is 4. The van der Waals surface area contributed by atoms with Gasteiger partial charge in [-0.25, -0.2) is 0 Å². The second-order valence-electron chi connectivity index (χ2n) is 4.03. The lowest BCUT2D eigenvalue weighted by molar-refractivity contribution is -0.160. The summed E-state index contributed by atoms with van der Waals surface area (Å²) in [6.07, 6.45) is 4.68. The second-order valence-corrected chi connectivity index (χ2v) is 4.03. The summed E-state index contributed by atoms with van der Waals surface area (Å²) in [5, 5.41) is 0. The molecule has 0 N–H and O–H groups in total. The molecule has 15 heavy (non-hydrogen) atoms. The Balaban J connectivity index is 2.25. The molecule has 1 fully saturated rings. The van der Waals surface area contributed by atoms with Crippen LogP contribution < -0.4 is 0 Å². The van der Waals surface area contributed by atoms with Gasteiger partial charge in [0.25, 0.3) is 0 Å². The molecule has 0 aromatic heterocycles. The number of methoxy groups -OCH3 is 1. The van der Waals surface area contributed by atoms with E-state index in [-0.39, 0.29) is 0 Å². The Hall–Kier alpha value is -1.06. The van der Waals surface area contributed by atoms with Crippen molar-refractivity contribution in [3.8, 4) is 0 Å². The van der Waals surface area contributed by atoms with Crippen LogP contribution in [-0.4, -0.2) is 25.7 Å². The van der Waals surface area contributed by atoms with Gasteiger partial charge in [-0.05, 0) is 25.7 Å². The maximum absolute atomic E-state index is 11.4. The number of hydrogen-bond donors (Lipinski definition) is 0. The fourth-order valence-electron chi connectivity index (χ4n) is 1.78. The molecule has 0 amide bonds. The number of carbonyl (C=O) groups excluding carboxylic acids is 2. The predicted molar refractivity (Wildman–Crippen MR) is 54.1 cm³/mol. The van der Waals surface area contributed by atoms with Crippen LogP contribution in [-0.2, 0) is 19.1 Å². The van der Waals surface area contributed by atoms with Crippen molar-refractivity contribution >= 4 is 11.9 Å². The normalized spacial score (nSPS) is 18.5. The Morgan fingerprint density at radius 2 is 1.87 bits per heavy atom. The van der Waals surface area contributed by atoms with Crippen molar-refractivity contribution in [2.24, 2.45) is 11.8 Å². The monoisotopic (exact) mass is 214 g/mol. The van der Waals surface area contributed by atoms with Crippen LogP contribution >= 0.6 is 0 Å². The van der Waals surface area contributed by atoms with E-state index in [0.29, 0.717) is 12.5 Å². The Labute approximate surface area is 89.9 Å². The molecule has 0 heterocycles. The minimum absolute atomic E-state index is 0.445. The van der Waals surface area contributed by atoms with E-state index in [4.69, 9.17) is 4.74 Å². The van der Waals surface area contributed by atoms with Crippen LogP contribution in [0.4, 0.5) is 0 Å². The standard InChI is InChI=1S/C11H18O4/c1-8(10(12)14-2)11(13)15-7-9-5-3-4-6-9/h8-9H,3-7H2,1-2H3. The molecule has 4 heteroatoms. The minimum atomic E-state index is -0.809. The van der Waals surface area contributed by atoms with Crippen LogP contribution in [0, 0.1) is 11.8 Å². The van der Waals surface area contributed by atoms with Crippen molar-refractivity contribution in [2.75, 3.05) is 13.7 Å². The number of esters is 2. The van der Waals surface area contributed by atoms with Crippen molar-refractivity contribution in [1.29, 1.82) is 0 Å². The van der Waals surface area contributed by atoms with Crippen LogP contribution in [0.5, 0.6) is 0 Å². The Kier molecular flexibility index (Phi) is 4.59. The molecule has 0 aromatic carbocycles. The van der Waals surface area contributed by atoms with Gasteiger partial charge in [0.1, 0.15) is 0 Å². The Bertz CT molecular complexity index is 231. The van der Waals surface area contributed by atoms with Crippen LogP contribution in [0.3, 0.4) is 0 Å². The lowest BCUT2D eigenvalue weighted by Crippen LogP contribution is -2.25. The van der Waals surface area contributed by atoms with Crippen molar-refractivity contribution in [2.45, 2.75) is 32.6 Å². The van der Waals surface area contributed by atoms with Crippen molar-refractivity contribution in [1.82, 2.24) is 0 Å². The highest BCUT2D eigenvalue weighted by Gasteiger charge is 2.25. The molecular weight excluding hydrogens is 196 g/mol. The SMILES string of the molecule is COC(=O)C(C)C(=O)OCC1CCCC1. The van der Waals surface area contributed by atoms with E-state index in [1.54, 1.807) is 0 Å². The average molecular weight is 214 g/mol. The number of ether oxygens (including phenoxy) is 2. The minimum Gasteiger partial charge on any atom is -0.468 e. The van der Waals surface area contributed by atoms with Crippen molar-refractivity contribution in [3.63, 3.8) is 0 Å². The fourth-order valence-corrected chi connectivity index (χ4v) is 1.78. The predicted octanol–water partition coefficient (Wildman–Crippen LogP) is 1.53. The Morgan fingerprint density at radius 3 is 2.40 bits per heavy atom. The lowest BCUT2D eigenvalue weighted by Gasteiger charge is -2.12. The average Bonchev–Trinajstić information content (AvgIpc) is 2.76. The molecule has 0 saturated heterocycles. The summed E-state index contributed by atoms with van der Waals surface area (Å²) in [6, 6.07) is 0. The van der Waals surface area contributed by atoms with Gasteiger partial charge in [0.2, 0.25) is 0 Å². The first-order valence-electron chi connectivity index (χ1n) is 5.39. The van der Waals surface area contributed by atoms with Crippen molar-refractivity contribution < 1.29 is 19.1 Å². The van der Waals surface area contributed by atoms with Gasteiger partial charge in [0, 0.05) is 0 Å². The van der Waals surface area contributed by atoms with E-state index in [1.165, 1.54) is 26.9 Å².